The summed E-state index contributed by atoms with van der Waals surface area (Å²) in [5, 5.41) is 14.5. The molecule has 1 amide bonds. The van der Waals surface area contributed by atoms with E-state index >= 15 is 0 Å². The number of benzene rings is 1. The Bertz CT molecular complexity index is 1640. The van der Waals surface area contributed by atoms with Gasteiger partial charge in [-0.25, -0.2) is 10.1 Å². The second-order valence-corrected chi connectivity index (χ2v) is 11.1. The first kappa shape index (κ1) is 28.4. The SMILES string of the molecule is N#Cc1ccc(N2CCN(C(=O)C[C@H]3CC[C@@H]([C@@H]4c5ccccc5CN4c4cn[nH]c(=O)c4C(F)(F)F)C3=O)CC2)nc1. The molecule has 3 atom stereocenters. The molecule has 1 aliphatic carbocycles. The first-order chi connectivity index (χ1) is 20.7. The smallest absolute Gasteiger partial charge is 0.357 e. The third-order valence-electron chi connectivity index (χ3n) is 8.71. The lowest BCUT2D eigenvalue weighted by Crippen LogP contribution is -2.49. The summed E-state index contributed by atoms with van der Waals surface area (Å²) in [4.78, 5) is 48.9. The number of carbonyl (C=O) groups excluding carboxylic acids is 2. The number of pyridine rings is 1. The van der Waals surface area contributed by atoms with Crippen molar-refractivity contribution in [1.29, 1.82) is 5.26 Å². The molecule has 4 heterocycles. The zero-order chi connectivity index (χ0) is 30.3. The molecule has 2 fully saturated rings. The lowest BCUT2D eigenvalue weighted by Gasteiger charge is -2.36. The van der Waals surface area contributed by atoms with Crippen molar-refractivity contribution in [3.8, 4) is 6.07 Å². The largest absolute Gasteiger partial charge is 0.423 e. The van der Waals surface area contributed by atoms with Crippen LogP contribution in [0.4, 0.5) is 24.7 Å². The number of hydrogen-bond acceptors (Lipinski definition) is 8. The van der Waals surface area contributed by atoms with Crippen LogP contribution in [0.2, 0.25) is 0 Å². The van der Waals surface area contributed by atoms with Crippen LogP contribution in [0, 0.1) is 23.2 Å². The Balaban J connectivity index is 1.17. The molecule has 2 aliphatic heterocycles. The molecule has 0 unspecified atom stereocenters. The van der Waals surface area contributed by atoms with E-state index in [0.717, 1.165) is 23.1 Å². The van der Waals surface area contributed by atoms with Crippen LogP contribution in [0.25, 0.3) is 0 Å². The number of aromatic amines is 1. The minimum absolute atomic E-state index is 0.0409. The van der Waals surface area contributed by atoms with Gasteiger partial charge in [0, 0.05) is 57.2 Å². The highest BCUT2D eigenvalue weighted by Crippen LogP contribution is 2.49. The third kappa shape index (κ3) is 5.33. The molecule has 1 N–H and O–H groups in total. The standard InChI is InChI=1S/C30H28F3N7O3/c31-30(32,33)26-23(16-36-37-29(26)43)40-17-20-3-1-2-4-21(20)27(40)22-7-6-19(28(22)42)13-25(41)39-11-9-38(10-12-39)24-8-5-18(14-34)15-35-24/h1-5,8,15-16,19,22,27H,6-7,9-13,17H2,(H,37,43)/t19-,22+,27+/m1/s1. The second kappa shape index (κ2) is 11.2. The minimum atomic E-state index is -4.92. The Morgan fingerprint density at radius 2 is 1.81 bits per heavy atom. The number of amides is 1. The van der Waals surface area contributed by atoms with Gasteiger partial charge < -0.3 is 14.7 Å². The number of nitrogens with one attached hydrogen (secondary N) is 1. The van der Waals surface area contributed by atoms with Crippen LogP contribution < -0.4 is 15.4 Å². The van der Waals surface area contributed by atoms with Gasteiger partial charge >= 0.3 is 6.18 Å². The summed E-state index contributed by atoms with van der Waals surface area (Å²) in [7, 11) is 0. The Kier molecular flexibility index (Phi) is 7.37. The Morgan fingerprint density at radius 3 is 2.51 bits per heavy atom. The van der Waals surface area contributed by atoms with Crippen LogP contribution in [-0.2, 0) is 22.3 Å². The molecule has 13 heteroatoms. The van der Waals surface area contributed by atoms with Gasteiger partial charge in [0.05, 0.1) is 23.5 Å². The number of H-pyrrole nitrogens is 1. The maximum absolute atomic E-state index is 14.0. The van der Waals surface area contributed by atoms with E-state index in [-0.39, 0.29) is 30.3 Å². The lowest BCUT2D eigenvalue weighted by atomic mass is 9.88. The number of anilines is 2. The zero-order valence-electron chi connectivity index (χ0n) is 23.0. The van der Waals surface area contributed by atoms with E-state index in [2.05, 4.69) is 10.1 Å². The molecular weight excluding hydrogens is 563 g/mol. The molecule has 222 valence electrons. The maximum Gasteiger partial charge on any atom is 0.423 e. The van der Waals surface area contributed by atoms with Gasteiger partial charge in [-0.2, -0.15) is 23.5 Å². The van der Waals surface area contributed by atoms with Crippen LogP contribution in [0.5, 0.6) is 0 Å². The van der Waals surface area contributed by atoms with Gasteiger partial charge in [0.2, 0.25) is 5.91 Å². The number of piperazine rings is 1. The first-order valence-corrected chi connectivity index (χ1v) is 14.1. The minimum Gasteiger partial charge on any atom is -0.357 e. The van der Waals surface area contributed by atoms with E-state index in [4.69, 9.17) is 5.26 Å². The van der Waals surface area contributed by atoms with Crippen molar-refractivity contribution in [3.05, 3.63) is 81.4 Å². The fourth-order valence-corrected chi connectivity index (χ4v) is 6.61. The first-order valence-electron chi connectivity index (χ1n) is 14.1. The summed E-state index contributed by atoms with van der Waals surface area (Å²) in [6.07, 6.45) is -1.50. The van der Waals surface area contributed by atoms with E-state index < -0.39 is 35.2 Å². The van der Waals surface area contributed by atoms with Crippen molar-refractivity contribution in [3.63, 3.8) is 0 Å². The van der Waals surface area contributed by atoms with E-state index in [0.29, 0.717) is 44.6 Å². The number of carbonyl (C=O) groups is 2. The van der Waals surface area contributed by atoms with E-state index in [9.17, 15) is 27.6 Å². The molecule has 2 aromatic heterocycles. The summed E-state index contributed by atoms with van der Waals surface area (Å²) >= 11 is 0. The summed E-state index contributed by atoms with van der Waals surface area (Å²) < 4.78 is 42.0. The third-order valence-corrected chi connectivity index (χ3v) is 8.71. The summed E-state index contributed by atoms with van der Waals surface area (Å²) in [6.45, 7) is 2.15. The van der Waals surface area contributed by atoms with Crippen LogP contribution in [-0.4, -0.2) is 58.0 Å². The van der Waals surface area contributed by atoms with Gasteiger partial charge in [0.25, 0.3) is 5.56 Å². The average Bonchev–Trinajstić information content (AvgIpc) is 3.56. The zero-order valence-corrected chi connectivity index (χ0v) is 23.0. The second-order valence-electron chi connectivity index (χ2n) is 11.1. The molecule has 10 nitrogen and oxygen atoms in total. The number of hydrogen-bond donors (Lipinski definition) is 1. The molecular formula is C30H28F3N7O3. The number of halogens is 3. The molecule has 43 heavy (non-hydrogen) atoms. The number of rotatable bonds is 5. The van der Waals surface area contributed by atoms with Crippen molar-refractivity contribution in [1.82, 2.24) is 20.1 Å². The summed E-state index contributed by atoms with van der Waals surface area (Å²) in [5.74, 6) is -0.725. The number of fused-ring (bicyclic) bond motifs is 1. The Labute approximate surface area is 244 Å². The molecule has 1 aromatic carbocycles. The Hall–Kier alpha value is -4.73. The lowest BCUT2D eigenvalue weighted by molar-refractivity contribution is -0.138. The van der Waals surface area contributed by atoms with Gasteiger partial charge in [-0.05, 0) is 36.1 Å². The number of ketones is 1. The molecule has 3 aliphatic rings. The van der Waals surface area contributed by atoms with Gasteiger partial charge in [-0.15, -0.1) is 0 Å². The molecule has 0 spiro atoms. The van der Waals surface area contributed by atoms with E-state index in [1.165, 1.54) is 11.1 Å². The van der Waals surface area contributed by atoms with Crippen molar-refractivity contribution < 1.29 is 22.8 Å². The van der Waals surface area contributed by atoms with Gasteiger partial charge in [0.1, 0.15) is 23.2 Å². The molecule has 3 aromatic rings. The van der Waals surface area contributed by atoms with Crippen molar-refractivity contribution in [2.75, 3.05) is 36.0 Å². The number of alkyl halides is 3. The van der Waals surface area contributed by atoms with Crippen LogP contribution in [0.1, 0.15) is 47.6 Å². The van der Waals surface area contributed by atoms with Gasteiger partial charge in [-0.3, -0.25) is 14.4 Å². The number of nitrogens with zero attached hydrogens (tertiary/aromatic N) is 6. The fraction of sp³-hybridized carbons (Fsp3) is 0.400. The topological polar surface area (TPSA) is 126 Å². The van der Waals surface area contributed by atoms with Crippen LogP contribution >= 0.6 is 0 Å². The van der Waals surface area contributed by atoms with Crippen molar-refractivity contribution in [2.45, 2.75) is 38.0 Å². The van der Waals surface area contributed by atoms with Crippen molar-refractivity contribution >= 4 is 23.2 Å². The normalized spacial score (nSPS) is 22.0. The highest BCUT2D eigenvalue weighted by Gasteiger charge is 2.48. The molecule has 1 saturated heterocycles. The number of nitriles is 1. The Morgan fingerprint density at radius 1 is 1.05 bits per heavy atom. The summed E-state index contributed by atoms with van der Waals surface area (Å²) in [5.41, 5.74) is -1.05. The highest BCUT2D eigenvalue weighted by molar-refractivity contribution is 5.91. The summed E-state index contributed by atoms with van der Waals surface area (Å²) in [6, 6.07) is 12.0. The number of Topliss-reactive ketones (excluding diaryl/α,β-unsaturated/α-hetero) is 1. The van der Waals surface area contributed by atoms with Crippen LogP contribution in [0.3, 0.4) is 0 Å². The van der Waals surface area contributed by atoms with Gasteiger partial charge in [0.15, 0.2) is 0 Å². The van der Waals surface area contributed by atoms with E-state index in [1.807, 2.05) is 28.2 Å². The molecule has 1 saturated carbocycles. The highest BCUT2D eigenvalue weighted by atomic mass is 19.4. The molecule has 0 radical (unpaired) electrons. The quantitative estimate of drug-likeness (QED) is 0.478. The average molecular weight is 592 g/mol. The van der Waals surface area contributed by atoms with E-state index in [1.54, 1.807) is 29.2 Å². The fourth-order valence-electron chi connectivity index (χ4n) is 6.61. The monoisotopic (exact) mass is 591 g/mol. The van der Waals surface area contributed by atoms with Crippen LogP contribution in [0.15, 0.2) is 53.6 Å². The van der Waals surface area contributed by atoms with Crippen molar-refractivity contribution in [2.24, 2.45) is 11.8 Å². The predicted molar refractivity (Wildman–Crippen MR) is 149 cm³/mol. The number of aromatic nitrogens is 3. The maximum atomic E-state index is 14.0. The van der Waals surface area contributed by atoms with Gasteiger partial charge in [-0.1, -0.05) is 24.3 Å². The predicted octanol–water partition coefficient (Wildman–Crippen LogP) is 3.45. The molecule has 0 bridgehead atoms. The molecule has 6 rings (SSSR count).